The smallest absolute Gasteiger partial charge is 0.0383 e. The summed E-state index contributed by atoms with van der Waals surface area (Å²) in [5.74, 6) is 0.694. The lowest BCUT2D eigenvalue weighted by Crippen LogP contribution is -2.30. The first-order chi connectivity index (χ1) is 7.08. The first-order valence-electron chi connectivity index (χ1n) is 5.03. The van der Waals surface area contributed by atoms with Crippen molar-refractivity contribution in [1.82, 2.24) is 10.3 Å². The van der Waals surface area contributed by atoms with Gasteiger partial charge >= 0.3 is 0 Å². The molecule has 1 rings (SSSR count). The normalized spacial score (nSPS) is 14.9. The van der Waals surface area contributed by atoms with Crippen molar-refractivity contribution in [3.63, 3.8) is 0 Å². The van der Waals surface area contributed by atoms with E-state index in [4.69, 9.17) is 0 Å². The molecule has 0 aliphatic rings. The summed E-state index contributed by atoms with van der Waals surface area (Å²) in [6.07, 6.45) is 3.60. The van der Waals surface area contributed by atoms with Crippen LogP contribution in [-0.4, -0.2) is 27.2 Å². The Labute approximate surface area is 93.8 Å². The molecule has 1 aromatic heterocycles. The van der Waals surface area contributed by atoms with Crippen molar-refractivity contribution in [2.75, 3.05) is 12.0 Å². The maximum atomic E-state index is 11.0. The predicted octanol–water partition coefficient (Wildman–Crippen LogP) is 1.25. The summed E-state index contributed by atoms with van der Waals surface area (Å²) in [6.45, 7) is 4.80. The van der Waals surface area contributed by atoms with Gasteiger partial charge in [-0.1, -0.05) is 6.07 Å². The van der Waals surface area contributed by atoms with Gasteiger partial charge in [-0.25, -0.2) is 0 Å². The van der Waals surface area contributed by atoms with Gasteiger partial charge in [0.15, 0.2) is 0 Å². The van der Waals surface area contributed by atoms with E-state index in [0.29, 0.717) is 5.75 Å². The molecule has 0 saturated heterocycles. The highest BCUT2D eigenvalue weighted by atomic mass is 32.2. The minimum atomic E-state index is -0.735. The molecule has 0 spiro atoms. The Kier molecular flexibility index (Phi) is 4.91. The van der Waals surface area contributed by atoms with E-state index in [1.807, 2.05) is 26.1 Å². The Bertz CT molecular complexity index is 324. The second kappa shape index (κ2) is 5.98. The molecule has 0 bridgehead atoms. The molecule has 15 heavy (non-hydrogen) atoms. The molecule has 0 fully saturated rings. The van der Waals surface area contributed by atoms with E-state index in [2.05, 4.69) is 16.4 Å². The van der Waals surface area contributed by atoms with Crippen molar-refractivity contribution in [3.05, 3.63) is 29.6 Å². The zero-order valence-electron chi connectivity index (χ0n) is 9.49. The van der Waals surface area contributed by atoms with Crippen LogP contribution < -0.4 is 5.32 Å². The van der Waals surface area contributed by atoms with Crippen LogP contribution in [0, 0.1) is 6.92 Å². The fourth-order valence-electron chi connectivity index (χ4n) is 1.31. The molecule has 0 radical (unpaired) electrons. The SMILES string of the molecule is Cc1ccc(CNC(C)CS(C)=O)cn1. The Balaban J connectivity index is 2.36. The molecule has 0 amide bonds. The average molecular weight is 226 g/mol. The number of hydrogen-bond donors (Lipinski definition) is 1. The molecule has 84 valence electrons. The van der Waals surface area contributed by atoms with Crippen LogP contribution in [0.25, 0.3) is 0 Å². The summed E-state index contributed by atoms with van der Waals surface area (Å²) in [6, 6.07) is 4.34. The van der Waals surface area contributed by atoms with Crippen molar-refractivity contribution < 1.29 is 4.21 Å². The highest BCUT2D eigenvalue weighted by Gasteiger charge is 2.03. The summed E-state index contributed by atoms with van der Waals surface area (Å²) in [5.41, 5.74) is 2.19. The highest BCUT2D eigenvalue weighted by Crippen LogP contribution is 1.99. The van der Waals surface area contributed by atoms with Gasteiger partial charge in [0.25, 0.3) is 0 Å². The van der Waals surface area contributed by atoms with Crippen molar-refractivity contribution in [3.8, 4) is 0 Å². The number of pyridine rings is 1. The van der Waals surface area contributed by atoms with Crippen molar-refractivity contribution in [2.45, 2.75) is 26.4 Å². The molecule has 0 aliphatic carbocycles. The van der Waals surface area contributed by atoms with E-state index >= 15 is 0 Å². The summed E-state index contributed by atoms with van der Waals surface area (Å²) >= 11 is 0. The van der Waals surface area contributed by atoms with E-state index in [9.17, 15) is 4.21 Å². The van der Waals surface area contributed by atoms with Gasteiger partial charge in [-0.3, -0.25) is 9.19 Å². The van der Waals surface area contributed by atoms with Gasteiger partial charge in [0, 0.05) is 47.3 Å². The van der Waals surface area contributed by atoms with Crippen molar-refractivity contribution >= 4 is 10.8 Å². The fourth-order valence-corrected chi connectivity index (χ4v) is 2.13. The number of aromatic nitrogens is 1. The fraction of sp³-hybridized carbons (Fsp3) is 0.545. The molecule has 1 aromatic rings. The third-order valence-corrected chi connectivity index (χ3v) is 3.08. The first kappa shape index (κ1) is 12.3. The lowest BCUT2D eigenvalue weighted by molar-refractivity contribution is 0.586. The van der Waals surface area contributed by atoms with Gasteiger partial charge in [0.1, 0.15) is 0 Å². The predicted molar refractivity (Wildman–Crippen MR) is 64.2 cm³/mol. The van der Waals surface area contributed by atoms with Gasteiger partial charge in [-0.15, -0.1) is 0 Å². The monoisotopic (exact) mass is 226 g/mol. The van der Waals surface area contributed by atoms with Gasteiger partial charge in [0.05, 0.1) is 0 Å². The lowest BCUT2D eigenvalue weighted by Gasteiger charge is -2.11. The summed E-state index contributed by atoms with van der Waals surface area (Å²) < 4.78 is 11.0. The van der Waals surface area contributed by atoms with Crippen molar-refractivity contribution in [2.24, 2.45) is 0 Å². The summed E-state index contributed by atoms with van der Waals surface area (Å²) in [4.78, 5) is 4.22. The standard InChI is InChI=1S/C11H18N2OS/c1-9-4-5-11(6-12-9)7-13-10(2)8-15(3)14/h4-6,10,13H,7-8H2,1-3H3. The van der Waals surface area contributed by atoms with Gasteiger partial charge < -0.3 is 5.32 Å². The molecular weight excluding hydrogens is 208 g/mol. The van der Waals surface area contributed by atoms with Crippen LogP contribution in [0.1, 0.15) is 18.2 Å². The molecule has 2 unspecified atom stereocenters. The third kappa shape index (κ3) is 5.04. The minimum Gasteiger partial charge on any atom is -0.309 e. The van der Waals surface area contributed by atoms with Crippen LogP contribution in [0.2, 0.25) is 0 Å². The van der Waals surface area contributed by atoms with Crippen LogP contribution in [0.5, 0.6) is 0 Å². The third-order valence-electron chi connectivity index (χ3n) is 2.11. The second-order valence-corrected chi connectivity index (χ2v) is 5.31. The maximum Gasteiger partial charge on any atom is 0.0383 e. The Morgan fingerprint density at radius 1 is 1.53 bits per heavy atom. The minimum absolute atomic E-state index is 0.275. The number of hydrogen-bond acceptors (Lipinski definition) is 3. The van der Waals surface area contributed by atoms with Gasteiger partial charge in [-0.05, 0) is 25.5 Å². The zero-order valence-corrected chi connectivity index (χ0v) is 10.3. The van der Waals surface area contributed by atoms with Crippen LogP contribution in [0.15, 0.2) is 18.3 Å². The second-order valence-electron chi connectivity index (χ2n) is 3.83. The van der Waals surface area contributed by atoms with Crippen LogP contribution in [-0.2, 0) is 17.3 Å². The average Bonchev–Trinajstić information content (AvgIpc) is 2.16. The maximum absolute atomic E-state index is 11.0. The van der Waals surface area contributed by atoms with E-state index in [-0.39, 0.29) is 6.04 Å². The quantitative estimate of drug-likeness (QED) is 0.821. The molecule has 0 saturated carbocycles. The topological polar surface area (TPSA) is 42.0 Å². The van der Waals surface area contributed by atoms with E-state index in [1.54, 1.807) is 6.26 Å². The van der Waals surface area contributed by atoms with Gasteiger partial charge in [0.2, 0.25) is 0 Å². The lowest BCUT2D eigenvalue weighted by atomic mass is 10.2. The molecular formula is C11H18N2OS. The number of rotatable bonds is 5. The van der Waals surface area contributed by atoms with Crippen LogP contribution in [0.3, 0.4) is 0 Å². The van der Waals surface area contributed by atoms with E-state index < -0.39 is 10.8 Å². The molecule has 0 aliphatic heterocycles. The van der Waals surface area contributed by atoms with Crippen LogP contribution in [0.4, 0.5) is 0 Å². The summed E-state index contributed by atoms with van der Waals surface area (Å²) in [5, 5.41) is 3.32. The first-order valence-corrected chi connectivity index (χ1v) is 6.75. The Morgan fingerprint density at radius 3 is 2.80 bits per heavy atom. The highest BCUT2D eigenvalue weighted by molar-refractivity contribution is 7.84. The number of aryl methyl sites for hydroxylation is 1. The van der Waals surface area contributed by atoms with Gasteiger partial charge in [-0.2, -0.15) is 0 Å². The molecule has 0 aromatic carbocycles. The molecule has 2 atom stereocenters. The van der Waals surface area contributed by atoms with E-state index in [1.165, 1.54) is 0 Å². The molecule has 3 nitrogen and oxygen atoms in total. The van der Waals surface area contributed by atoms with E-state index in [0.717, 1.165) is 17.8 Å². The van der Waals surface area contributed by atoms with Crippen LogP contribution >= 0.6 is 0 Å². The molecule has 4 heteroatoms. The van der Waals surface area contributed by atoms with Crippen molar-refractivity contribution in [1.29, 1.82) is 0 Å². The Hall–Kier alpha value is -0.740. The largest absolute Gasteiger partial charge is 0.309 e. The summed E-state index contributed by atoms with van der Waals surface area (Å²) in [7, 11) is -0.735. The zero-order chi connectivity index (χ0) is 11.3. The molecule has 1 heterocycles. The molecule has 1 N–H and O–H groups in total. The Morgan fingerprint density at radius 2 is 2.27 bits per heavy atom. The number of nitrogens with zero attached hydrogens (tertiary/aromatic N) is 1. The number of nitrogens with one attached hydrogen (secondary N) is 1.